The number of rotatable bonds is 5. The molecule has 7 heteroatoms. The summed E-state index contributed by atoms with van der Waals surface area (Å²) in [7, 11) is 0. The van der Waals surface area contributed by atoms with Gasteiger partial charge in [0, 0.05) is 16.4 Å². The minimum absolute atomic E-state index is 0.144. The number of anilines is 2. The summed E-state index contributed by atoms with van der Waals surface area (Å²) in [6.07, 6.45) is 0. The average molecular weight is 320 g/mol. The number of urea groups is 1. The highest BCUT2D eigenvalue weighted by molar-refractivity contribution is 6.30. The van der Waals surface area contributed by atoms with Crippen LogP contribution in [0.3, 0.4) is 0 Å². The van der Waals surface area contributed by atoms with E-state index in [9.17, 15) is 9.59 Å². The Balaban J connectivity index is 1.89. The van der Waals surface area contributed by atoms with Crippen molar-refractivity contribution in [2.75, 3.05) is 17.2 Å². The fourth-order valence-corrected chi connectivity index (χ4v) is 1.82. The van der Waals surface area contributed by atoms with Gasteiger partial charge in [-0.3, -0.25) is 4.79 Å². The van der Waals surface area contributed by atoms with E-state index in [1.807, 2.05) is 0 Å². The third kappa shape index (κ3) is 4.99. The van der Waals surface area contributed by atoms with Gasteiger partial charge < -0.3 is 21.1 Å². The van der Waals surface area contributed by atoms with Crippen LogP contribution in [-0.4, -0.2) is 18.5 Å². The Kier molecular flexibility index (Phi) is 5.21. The highest BCUT2D eigenvalue weighted by atomic mass is 35.5. The molecular formula is C15H14ClN3O3. The molecule has 0 fully saturated rings. The van der Waals surface area contributed by atoms with E-state index in [1.54, 1.807) is 48.5 Å². The van der Waals surface area contributed by atoms with Crippen molar-refractivity contribution in [1.29, 1.82) is 0 Å². The van der Waals surface area contributed by atoms with Crippen molar-refractivity contribution in [3.05, 3.63) is 53.6 Å². The highest BCUT2D eigenvalue weighted by Gasteiger charge is 2.05. The van der Waals surface area contributed by atoms with Gasteiger partial charge in [0.05, 0.1) is 0 Å². The molecule has 0 heterocycles. The van der Waals surface area contributed by atoms with Crippen molar-refractivity contribution in [1.82, 2.24) is 0 Å². The van der Waals surface area contributed by atoms with Crippen molar-refractivity contribution < 1.29 is 14.3 Å². The molecule has 0 radical (unpaired) electrons. The van der Waals surface area contributed by atoms with Gasteiger partial charge in [-0.2, -0.15) is 0 Å². The van der Waals surface area contributed by atoms with Gasteiger partial charge in [0.1, 0.15) is 5.75 Å². The van der Waals surface area contributed by atoms with Crippen molar-refractivity contribution in [3.63, 3.8) is 0 Å². The SMILES string of the molecule is NC(=O)Nc1cccc(NC(=O)COc2ccc(Cl)cc2)c1. The van der Waals surface area contributed by atoms with Crippen molar-refractivity contribution in [2.45, 2.75) is 0 Å². The van der Waals surface area contributed by atoms with Crippen molar-refractivity contribution in [2.24, 2.45) is 5.73 Å². The molecule has 0 atom stereocenters. The quantitative estimate of drug-likeness (QED) is 0.791. The fraction of sp³-hybridized carbons (Fsp3) is 0.0667. The Morgan fingerprint density at radius 2 is 1.68 bits per heavy atom. The van der Waals surface area contributed by atoms with Gasteiger partial charge in [-0.15, -0.1) is 0 Å². The molecular weight excluding hydrogens is 306 g/mol. The number of halogens is 1. The Hall–Kier alpha value is -2.73. The number of nitrogens with one attached hydrogen (secondary N) is 2. The lowest BCUT2D eigenvalue weighted by atomic mass is 10.2. The van der Waals surface area contributed by atoms with Gasteiger partial charge in [-0.1, -0.05) is 17.7 Å². The molecule has 0 bridgehead atoms. The third-order valence-corrected chi connectivity index (χ3v) is 2.85. The van der Waals surface area contributed by atoms with Crippen LogP contribution in [0.1, 0.15) is 0 Å². The van der Waals surface area contributed by atoms with Crippen molar-refractivity contribution in [3.8, 4) is 5.75 Å². The van der Waals surface area contributed by atoms with E-state index in [0.29, 0.717) is 22.1 Å². The van der Waals surface area contributed by atoms with Gasteiger partial charge in [0.15, 0.2) is 6.61 Å². The van der Waals surface area contributed by atoms with Crippen LogP contribution < -0.4 is 21.1 Å². The topological polar surface area (TPSA) is 93.5 Å². The average Bonchev–Trinajstić information content (AvgIpc) is 2.46. The standard InChI is InChI=1S/C15H14ClN3O3/c16-10-4-6-13(7-5-10)22-9-14(20)18-11-2-1-3-12(8-11)19-15(17)21/h1-8H,9H2,(H,18,20)(H3,17,19,21). The molecule has 6 nitrogen and oxygen atoms in total. The van der Waals surface area contributed by atoms with E-state index in [4.69, 9.17) is 22.1 Å². The third-order valence-electron chi connectivity index (χ3n) is 2.60. The zero-order valence-electron chi connectivity index (χ0n) is 11.5. The molecule has 0 aliphatic rings. The first-order valence-electron chi connectivity index (χ1n) is 6.37. The fourth-order valence-electron chi connectivity index (χ4n) is 1.69. The van der Waals surface area contributed by atoms with Gasteiger partial charge in [-0.05, 0) is 42.5 Å². The monoisotopic (exact) mass is 319 g/mol. The first-order valence-corrected chi connectivity index (χ1v) is 6.75. The van der Waals surface area contributed by atoms with E-state index >= 15 is 0 Å². The Morgan fingerprint density at radius 1 is 1.05 bits per heavy atom. The largest absolute Gasteiger partial charge is 0.484 e. The number of amides is 3. The predicted octanol–water partition coefficient (Wildman–Crippen LogP) is 2.85. The summed E-state index contributed by atoms with van der Waals surface area (Å²) < 4.78 is 5.33. The van der Waals surface area contributed by atoms with E-state index in [0.717, 1.165) is 0 Å². The maximum absolute atomic E-state index is 11.8. The molecule has 0 aliphatic heterocycles. The summed E-state index contributed by atoms with van der Waals surface area (Å²) in [5, 5.41) is 5.67. The molecule has 0 aliphatic carbocycles. The Bertz CT molecular complexity index is 674. The normalized spacial score (nSPS) is 9.86. The predicted molar refractivity (Wildman–Crippen MR) is 85.2 cm³/mol. The number of primary amides is 1. The zero-order valence-corrected chi connectivity index (χ0v) is 12.3. The second-order valence-electron chi connectivity index (χ2n) is 4.36. The molecule has 0 aromatic heterocycles. The molecule has 0 spiro atoms. The van der Waals surface area contributed by atoms with Crippen LogP contribution in [-0.2, 0) is 4.79 Å². The van der Waals surface area contributed by atoms with E-state index < -0.39 is 6.03 Å². The summed E-state index contributed by atoms with van der Waals surface area (Å²) in [6.45, 7) is -0.144. The van der Waals surface area contributed by atoms with E-state index in [2.05, 4.69) is 10.6 Å². The summed E-state index contributed by atoms with van der Waals surface area (Å²) in [4.78, 5) is 22.6. The second-order valence-corrected chi connectivity index (χ2v) is 4.80. The minimum atomic E-state index is -0.672. The molecule has 0 saturated carbocycles. The van der Waals surface area contributed by atoms with Crippen molar-refractivity contribution >= 4 is 34.9 Å². The Labute approximate surface area is 132 Å². The second kappa shape index (κ2) is 7.33. The summed E-state index contributed by atoms with van der Waals surface area (Å²) >= 11 is 5.76. The van der Waals surface area contributed by atoms with Crippen LogP contribution >= 0.6 is 11.6 Å². The minimum Gasteiger partial charge on any atom is -0.484 e. The number of carbonyl (C=O) groups excluding carboxylic acids is 2. The van der Waals surface area contributed by atoms with Crippen LogP contribution in [0.4, 0.5) is 16.2 Å². The van der Waals surface area contributed by atoms with Crippen LogP contribution in [0.2, 0.25) is 5.02 Å². The van der Waals surface area contributed by atoms with Gasteiger partial charge in [0.25, 0.3) is 5.91 Å². The first-order chi connectivity index (χ1) is 10.5. The summed E-state index contributed by atoms with van der Waals surface area (Å²) in [5.74, 6) is 0.217. The number of carbonyl (C=O) groups is 2. The lowest BCUT2D eigenvalue weighted by Gasteiger charge is -2.09. The molecule has 2 aromatic carbocycles. The maximum atomic E-state index is 11.8. The number of hydrogen-bond acceptors (Lipinski definition) is 3. The first kappa shape index (κ1) is 15.7. The molecule has 2 aromatic rings. The molecule has 4 N–H and O–H groups in total. The van der Waals surface area contributed by atoms with Crippen LogP contribution in [0, 0.1) is 0 Å². The number of hydrogen-bond donors (Lipinski definition) is 3. The molecule has 0 saturated heterocycles. The van der Waals surface area contributed by atoms with Gasteiger partial charge >= 0.3 is 6.03 Å². The summed E-state index contributed by atoms with van der Waals surface area (Å²) in [6, 6.07) is 12.6. The maximum Gasteiger partial charge on any atom is 0.316 e. The van der Waals surface area contributed by atoms with E-state index in [-0.39, 0.29) is 12.5 Å². The zero-order chi connectivity index (χ0) is 15.9. The van der Waals surface area contributed by atoms with Gasteiger partial charge in [0.2, 0.25) is 0 Å². The summed E-state index contributed by atoms with van der Waals surface area (Å²) in [5.41, 5.74) is 6.05. The lowest BCUT2D eigenvalue weighted by Crippen LogP contribution is -2.21. The molecule has 3 amide bonds. The number of ether oxygens (including phenoxy) is 1. The molecule has 114 valence electrons. The smallest absolute Gasteiger partial charge is 0.316 e. The Morgan fingerprint density at radius 3 is 2.32 bits per heavy atom. The molecule has 22 heavy (non-hydrogen) atoms. The highest BCUT2D eigenvalue weighted by Crippen LogP contribution is 2.16. The van der Waals surface area contributed by atoms with E-state index in [1.165, 1.54) is 0 Å². The van der Waals surface area contributed by atoms with Crippen LogP contribution in [0.5, 0.6) is 5.75 Å². The number of nitrogens with two attached hydrogens (primary N) is 1. The van der Waals surface area contributed by atoms with Crippen LogP contribution in [0.15, 0.2) is 48.5 Å². The lowest BCUT2D eigenvalue weighted by molar-refractivity contribution is -0.118. The number of benzene rings is 2. The van der Waals surface area contributed by atoms with Crippen LogP contribution in [0.25, 0.3) is 0 Å². The van der Waals surface area contributed by atoms with Gasteiger partial charge in [-0.25, -0.2) is 4.79 Å². The molecule has 2 rings (SSSR count). The molecule has 0 unspecified atom stereocenters.